The van der Waals surface area contributed by atoms with Gasteiger partial charge in [-0.05, 0) is 39.4 Å². The molecule has 2 unspecified atom stereocenters. The zero-order valence-corrected chi connectivity index (χ0v) is 9.35. The minimum absolute atomic E-state index is 0.172. The number of nitrogens with zero attached hydrogens (tertiary/aromatic N) is 2. The lowest BCUT2D eigenvalue weighted by Crippen LogP contribution is -2.50. The van der Waals surface area contributed by atoms with Gasteiger partial charge in [0, 0.05) is 19.1 Å². The number of carbonyl (C=O) groups is 1. The summed E-state index contributed by atoms with van der Waals surface area (Å²) in [7, 11) is 2.03. The van der Waals surface area contributed by atoms with Crippen LogP contribution in [0.4, 0.5) is 0 Å². The van der Waals surface area contributed by atoms with Gasteiger partial charge in [-0.3, -0.25) is 9.69 Å². The lowest BCUT2D eigenvalue weighted by molar-refractivity contribution is -0.144. The van der Waals surface area contributed by atoms with Gasteiger partial charge >= 0.3 is 5.97 Å². The Morgan fingerprint density at radius 1 is 1.27 bits per heavy atom. The van der Waals surface area contributed by atoms with Crippen LogP contribution in [0.25, 0.3) is 0 Å². The van der Waals surface area contributed by atoms with E-state index in [2.05, 4.69) is 9.80 Å². The number of hydrogen-bond acceptors (Lipinski definition) is 3. The normalized spacial score (nSPS) is 34.5. The van der Waals surface area contributed by atoms with Crippen LogP contribution in [0.1, 0.15) is 19.3 Å². The van der Waals surface area contributed by atoms with Gasteiger partial charge in [0.25, 0.3) is 0 Å². The van der Waals surface area contributed by atoms with Gasteiger partial charge in [0.15, 0.2) is 0 Å². The topological polar surface area (TPSA) is 43.8 Å². The smallest absolute Gasteiger partial charge is 0.307 e. The highest BCUT2D eigenvalue weighted by Crippen LogP contribution is 2.23. The van der Waals surface area contributed by atoms with E-state index in [1.54, 1.807) is 0 Å². The van der Waals surface area contributed by atoms with Gasteiger partial charge in [0.1, 0.15) is 0 Å². The zero-order valence-electron chi connectivity index (χ0n) is 9.35. The Balaban J connectivity index is 1.96. The third-order valence-corrected chi connectivity index (χ3v) is 3.62. The van der Waals surface area contributed by atoms with Crippen LogP contribution in [0, 0.1) is 5.92 Å². The number of rotatable bonds is 2. The molecule has 0 spiro atoms. The van der Waals surface area contributed by atoms with Crippen LogP contribution in [-0.2, 0) is 4.79 Å². The molecule has 0 aliphatic carbocycles. The Hall–Kier alpha value is -0.610. The fraction of sp³-hybridized carbons (Fsp3) is 0.909. The molecule has 0 aromatic rings. The van der Waals surface area contributed by atoms with Gasteiger partial charge in [-0.2, -0.15) is 0 Å². The average Bonchev–Trinajstić information content (AvgIpc) is 2.69. The van der Waals surface area contributed by atoms with Crippen molar-refractivity contribution in [1.29, 1.82) is 0 Å². The van der Waals surface area contributed by atoms with E-state index >= 15 is 0 Å². The quantitative estimate of drug-likeness (QED) is 0.723. The van der Waals surface area contributed by atoms with Gasteiger partial charge in [-0.15, -0.1) is 0 Å². The average molecular weight is 212 g/mol. The Bertz CT molecular complexity index is 239. The number of likely N-dealkylation sites (N-methyl/N-ethyl adjacent to an activating group) is 1. The van der Waals surface area contributed by atoms with Crippen molar-refractivity contribution in [2.24, 2.45) is 5.92 Å². The van der Waals surface area contributed by atoms with Crippen LogP contribution in [0.2, 0.25) is 0 Å². The second kappa shape index (κ2) is 4.49. The lowest BCUT2D eigenvalue weighted by Gasteiger charge is -2.38. The fourth-order valence-electron chi connectivity index (χ4n) is 2.84. The number of piperidine rings is 1. The third-order valence-electron chi connectivity index (χ3n) is 3.62. The molecule has 4 nitrogen and oxygen atoms in total. The molecule has 0 aromatic carbocycles. The SMILES string of the molecule is CN1CC(C(=O)O)CC(N2CCCC2)C1. The molecule has 1 N–H and O–H groups in total. The molecule has 2 fully saturated rings. The van der Waals surface area contributed by atoms with Crippen LogP contribution >= 0.6 is 0 Å². The first-order valence-corrected chi connectivity index (χ1v) is 5.82. The van der Waals surface area contributed by atoms with Crippen LogP contribution in [0.3, 0.4) is 0 Å². The van der Waals surface area contributed by atoms with Crippen LogP contribution in [-0.4, -0.2) is 60.1 Å². The van der Waals surface area contributed by atoms with E-state index in [9.17, 15) is 4.79 Å². The molecule has 2 aliphatic heterocycles. The minimum atomic E-state index is -0.634. The summed E-state index contributed by atoms with van der Waals surface area (Å²) in [6.07, 6.45) is 3.38. The standard InChI is InChI=1S/C11H20N2O2/c1-12-7-9(11(14)15)6-10(8-12)13-4-2-3-5-13/h9-10H,2-8H2,1H3,(H,14,15). The highest BCUT2D eigenvalue weighted by molar-refractivity contribution is 5.70. The van der Waals surface area contributed by atoms with E-state index in [-0.39, 0.29) is 5.92 Å². The van der Waals surface area contributed by atoms with E-state index in [0.29, 0.717) is 12.6 Å². The summed E-state index contributed by atoms with van der Waals surface area (Å²) in [4.78, 5) is 15.6. The summed E-state index contributed by atoms with van der Waals surface area (Å²) in [5.41, 5.74) is 0. The summed E-state index contributed by atoms with van der Waals surface area (Å²) in [5, 5.41) is 9.07. The molecule has 2 atom stereocenters. The molecule has 2 heterocycles. The van der Waals surface area contributed by atoms with Crippen molar-refractivity contribution in [3.05, 3.63) is 0 Å². The molecule has 0 aromatic heterocycles. The molecule has 2 saturated heterocycles. The van der Waals surface area contributed by atoms with Gasteiger partial charge < -0.3 is 10.0 Å². The number of aliphatic carboxylic acids is 1. The maximum Gasteiger partial charge on any atom is 0.307 e. The number of carboxylic acids is 1. The molecule has 86 valence electrons. The van der Waals surface area contributed by atoms with Crippen molar-refractivity contribution in [2.75, 3.05) is 33.2 Å². The van der Waals surface area contributed by atoms with E-state index in [0.717, 1.165) is 26.1 Å². The van der Waals surface area contributed by atoms with Crippen molar-refractivity contribution < 1.29 is 9.90 Å². The first kappa shape index (κ1) is 10.9. The van der Waals surface area contributed by atoms with E-state index < -0.39 is 5.97 Å². The summed E-state index contributed by atoms with van der Waals surface area (Å²) in [6, 6.07) is 0.465. The van der Waals surface area contributed by atoms with E-state index in [4.69, 9.17) is 5.11 Å². The molecule has 0 radical (unpaired) electrons. The predicted molar refractivity (Wildman–Crippen MR) is 57.8 cm³/mol. The van der Waals surface area contributed by atoms with Crippen LogP contribution < -0.4 is 0 Å². The first-order chi connectivity index (χ1) is 7.16. The van der Waals surface area contributed by atoms with Gasteiger partial charge in [0.05, 0.1) is 5.92 Å². The summed E-state index contributed by atoms with van der Waals surface area (Å²) < 4.78 is 0. The maximum absolute atomic E-state index is 11.0. The highest BCUT2D eigenvalue weighted by Gasteiger charge is 2.33. The number of hydrogen-bond donors (Lipinski definition) is 1. The lowest BCUT2D eigenvalue weighted by atomic mass is 9.94. The van der Waals surface area contributed by atoms with Crippen LogP contribution in [0.5, 0.6) is 0 Å². The summed E-state index contributed by atoms with van der Waals surface area (Å²) >= 11 is 0. The molecule has 2 rings (SSSR count). The monoisotopic (exact) mass is 212 g/mol. The minimum Gasteiger partial charge on any atom is -0.481 e. The molecular weight excluding hydrogens is 192 g/mol. The van der Waals surface area contributed by atoms with Crippen molar-refractivity contribution in [1.82, 2.24) is 9.80 Å². The Kier molecular flexibility index (Phi) is 3.26. The molecule has 0 saturated carbocycles. The molecule has 2 aliphatic rings. The van der Waals surface area contributed by atoms with Gasteiger partial charge in [-0.1, -0.05) is 0 Å². The van der Waals surface area contributed by atoms with E-state index in [1.165, 1.54) is 12.8 Å². The second-order valence-electron chi connectivity index (χ2n) is 4.89. The Labute approximate surface area is 90.9 Å². The molecule has 0 amide bonds. The van der Waals surface area contributed by atoms with Crippen molar-refractivity contribution in [2.45, 2.75) is 25.3 Å². The largest absolute Gasteiger partial charge is 0.481 e. The van der Waals surface area contributed by atoms with Crippen molar-refractivity contribution >= 4 is 5.97 Å². The fourth-order valence-corrected chi connectivity index (χ4v) is 2.84. The third kappa shape index (κ3) is 2.49. The Morgan fingerprint density at radius 3 is 2.53 bits per heavy atom. The zero-order chi connectivity index (χ0) is 10.8. The molecular formula is C11H20N2O2. The van der Waals surface area contributed by atoms with Crippen LogP contribution in [0.15, 0.2) is 0 Å². The first-order valence-electron chi connectivity index (χ1n) is 5.82. The molecule has 0 bridgehead atoms. The predicted octanol–water partition coefficient (Wildman–Crippen LogP) is 0.487. The van der Waals surface area contributed by atoms with Gasteiger partial charge in [-0.25, -0.2) is 0 Å². The highest BCUT2D eigenvalue weighted by atomic mass is 16.4. The van der Waals surface area contributed by atoms with E-state index in [1.807, 2.05) is 7.05 Å². The molecule has 15 heavy (non-hydrogen) atoms. The summed E-state index contributed by atoms with van der Waals surface area (Å²) in [5.74, 6) is -0.805. The summed E-state index contributed by atoms with van der Waals surface area (Å²) in [6.45, 7) is 4.05. The van der Waals surface area contributed by atoms with Gasteiger partial charge in [0.2, 0.25) is 0 Å². The Morgan fingerprint density at radius 2 is 1.93 bits per heavy atom. The maximum atomic E-state index is 11.0. The van der Waals surface area contributed by atoms with Crippen molar-refractivity contribution in [3.63, 3.8) is 0 Å². The second-order valence-corrected chi connectivity index (χ2v) is 4.89. The van der Waals surface area contributed by atoms with Crippen molar-refractivity contribution in [3.8, 4) is 0 Å². The number of carboxylic acid groups (broad SMARTS) is 1. The molecule has 4 heteroatoms. The number of likely N-dealkylation sites (tertiary alicyclic amines) is 2.